The Morgan fingerprint density at radius 1 is 1.44 bits per heavy atom. The molecule has 0 atom stereocenters. The lowest BCUT2D eigenvalue weighted by Crippen LogP contribution is -2.24. The highest BCUT2D eigenvalue weighted by atomic mass is 16.5. The highest BCUT2D eigenvalue weighted by Crippen LogP contribution is 2.03. The molecule has 2 aromatic rings. The molecule has 2 rings (SSSR count). The summed E-state index contributed by atoms with van der Waals surface area (Å²) < 4.78 is 4.54. The summed E-state index contributed by atoms with van der Waals surface area (Å²) in [6.07, 6.45) is 2.29. The Balaban J connectivity index is 2.81. The number of H-pyrrole nitrogens is 1. The van der Waals surface area contributed by atoms with E-state index in [-0.39, 0.29) is 0 Å². The van der Waals surface area contributed by atoms with Crippen LogP contribution >= 0.6 is 0 Å². The molecule has 82 valence electrons. The van der Waals surface area contributed by atoms with E-state index < -0.39 is 5.97 Å². The topological polar surface area (TPSA) is 62.3 Å². The summed E-state index contributed by atoms with van der Waals surface area (Å²) in [5.41, 5.74) is 0.859. The van der Waals surface area contributed by atoms with E-state index in [1.807, 2.05) is 24.3 Å². The average molecular weight is 217 g/mol. The first-order chi connectivity index (χ1) is 7.76. The summed E-state index contributed by atoms with van der Waals surface area (Å²) in [7, 11) is 1.31. The zero-order valence-electron chi connectivity index (χ0n) is 8.73. The van der Waals surface area contributed by atoms with Crippen molar-refractivity contribution in [1.29, 1.82) is 0 Å². The Labute approximate surface area is 91.5 Å². The quantitative estimate of drug-likeness (QED) is 0.680. The van der Waals surface area contributed by atoms with Crippen LogP contribution in [0.1, 0.15) is 0 Å². The van der Waals surface area contributed by atoms with Crippen molar-refractivity contribution in [2.75, 3.05) is 7.11 Å². The van der Waals surface area contributed by atoms with Crippen molar-refractivity contribution in [3.05, 3.63) is 34.8 Å². The third-order valence-corrected chi connectivity index (χ3v) is 2.37. The molecule has 0 aliphatic rings. The number of carbonyl (C=O) groups is 1. The summed E-state index contributed by atoms with van der Waals surface area (Å²) in [5.74, 6) is -0.463. The minimum absolute atomic E-state index is 0.463. The van der Waals surface area contributed by atoms with Gasteiger partial charge in [0.15, 0.2) is 0 Å². The van der Waals surface area contributed by atoms with Gasteiger partial charge in [-0.25, -0.2) is 4.79 Å². The fraction of sp³-hybridized carbons (Fsp3) is 0.0833. The molecule has 1 aromatic carbocycles. The van der Waals surface area contributed by atoms with Crippen LogP contribution in [-0.2, 0) is 9.53 Å². The summed E-state index contributed by atoms with van der Waals surface area (Å²) >= 11 is 0. The lowest BCUT2D eigenvalue weighted by Gasteiger charge is -1.87. The lowest BCUT2D eigenvalue weighted by molar-refractivity contribution is -0.133. The third-order valence-electron chi connectivity index (χ3n) is 2.37. The molecule has 0 bridgehead atoms. The van der Waals surface area contributed by atoms with Gasteiger partial charge in [-0.05, 0) is 6.07 Å². The van der Waals surface area contributed by atoms with Crippen molar-refractivity contribution in [3.8, 4) is 0 Å². The fourth-order valence-corrected chi connectivity index (χ4v) is 1.61. The Hall–Kier alpha value is -2.23. The van der Waals surface area contributed by atoms with Gasteiger partial charge in [-0.3, -0.25) is 0 Å². The van der Waals surface area contributed by atoms with Crippen LogP contribution in [0.15, 0.2) is 24.3 Å². The second-order valence-electron chi connectivity index (χ2n) is 3.29. The zero-order valence-corrected chi connectivity index (χ0v) is 8.73. The molecule has 0 saturated heterocycles. The number of rotatable bonds is 1. The Morgan fingerprint density at radius 2 is 2.19 bits per heavy atom. The lowest BCUT2D eigenvalue weighted by atomic mass is 10.2. The largest absolute Gasteiger partial charge is 0.515 e. The summed E-state index contributed by atoms with van der Waals surface area (Å²) in [5, 5.41) is 11.2. The molecule has 0 fully saturated rings. The van der Waals surface area contributed by atoms with E-state index in [2.05, 4.69) is 9.72 Å². The number of para-hydroxylation sites is 1. The molecule has 1 heterocycles. The molecule has 2 N–H and O–H groups in total. The van der Waals surface area contributed by atoms with E-state index in [1.165, 1.54) is 13.2 Å². The summed E-state index contributed by atoms with van der Waals surface area (Å²) in [6, 6.07) is 7.48. The molecule has 0 aliphatic heterocycles. The number of ether oxygens (including phenoxy) is 1. The number of aromatic amines is 1. The van der Waals surface area contributed by atoms with Gasteiger partial charge in [0.25, 0.3) is 0 Å². The van der Waals surface area contributed by atoms with Crippen molar-refractivity contribution in [2.45, 2.75) is 0 Å². The van der Waals surface area contributed by atoms with Crippen LogP contribution in [0.4, 0.5) is 0 Å². The number of hydrogen-bond acceptors (Lipinski definition) is 3. The maximum Gasteiger partial charge on any atom is 0.332 e. The average Bonchev–Trinajstić information content (AvgIpc) is 2.65. The summed E-state index contributed by atoms with van der Waals surface area (Å²) in [4.78, 5) is 14.2. The van der Waals surface area contributed by atoms with Crippen molar-refractivity contribution < 1.29 is 14.6 Å². The number of methoxy groups -OCH3 is 1. The Bertz CT molecular complexity index is 640. The molecule has 0 amide bonds. The first kappa shape index (κ1) is 10.3. The van der Waals surface area contributed by atoms with Crippen LogP contribution in [0.3, 0.4) is 0 Å². The van der Waals surface area contributed by atoms with E-state index in [4.69, 9.17) is 0 Å². The Morgan fingerprint density at radius 3 is 2.88 bits per heavy atom. The van der Waals surface area contributed by atoms with Gasteiger partial charge in [0.05, 0.1) is 18.7 Å². The van der Waals surface area contributed by atoms with Gasteiger partial charge in [-0.2, -0.15) is 0 Å². The van der Waals surface area contributed by atoms with Crippen molar-refractivity contribution >= 4 is 29.2 Å². The first-order valence-electron chi connectivity index (χ1n) is 4.77. The van der Waals surface area contributed by atoms with Crippen molar-refractivity contribution in [3.63, 3.8) is 0 Å². The van der Waals surface area contributed by atoms with E-state index in [1.54, 1.807) is 0 Å². The molecule has 0 saturated carbocycles. The van der Waals surface area contributed by atoms with Gasteiger partial charge in [0, 0.05) is 22.2 Å². The maximum atomic E-state index is 11.1. The SMILES string of the molecule is COC(=O)/C=c1\[nH]c2ccccc2\c1=C\O. The molecule has 0 spiro atoms. The predicted molar refractivity (Wildman–Crippen MR) is 61.1 cm³/mol. The number of aliphatic hydroxyl groups excluding tert-OH is 1. The number of aliphatic hydroxyl groups is 1. The summed E-state index contributed by atoms with van der Waals surface area (Å²) in [6.45, 7) is 0. The van der Waals surface area contributed by atoms with Gasteiger partial charge in [-0.1, -0.05) is 18.2 Å². The van der Waals surface area contributed by atoms with Crippen LogP contribution in [0.2, 0.25) is 0 Å². The molecule has 1 aromatic heterocycles. The highest BCUT2D eigenvalue weighted by Gasteiger charge is 2.01. The minimum atomic E-state index is -0.463. The zero-order chi connectivity index (χ0) is 11.5. The Kier molecular flexibility index (Phi) is 2.64. The van der Waals surface area contributed by atoms with Crippen LogP contribution < -0.4 is 10.6 Å². The number of nitrogens with one attached hydrogen (secondary N) is 1. The number of fused-ring (bicyclic) bond motifs is 1. The number of carbonyl (C=O) groups excluding carboxylic acids is 1. The minimum Gasteiger partial charge on any atom is -0.515 e. The van der Waals surface area contributed by atoms with Crippen LogP contribution in [0.5, 0.6) is 0 Å². The van der Waals surface area contributed by atoms with Crippen molar-refractivity contribution in [1.82, 2.24) is 4.98 Å². The first-order valence-corrected chi connectivity index (χ1v) is 4.77. The second kappa shape index (κ2) is 4.10. The van der Waals surface area contributed by atoms with Gasteiger partial charge in [0.2, 0.25) is 0 Å². The molecule has 0 radical (unpaired) electrons. The van der Waals surface area contributed by atoms with Gasteiger partial charge >= 0.3 is 5.97 Å². The molecule has 4 nitrogen and oxygen atoms in total. The number of esters is 1. The normalized spacial score (nSPS) is 13.3. The molecule has 16 heavy (non-hydrogen) atoms. The number of aromatic nitrogens is 1. The smallest absolute Gasteiger partial charge is 0.332 e. The standard InChI is InChI=1S/C12H11NO3/c1-16-12(15)6-11-9(7-14)8-4-2-3-5-10(8)13-11/h2-7,13-14H,1H3/b9-7-,11-6-. The predicted octanol–water partition coefficient (Wildman–Crippen LogP) is 0.417. The van der Waals surface area contributed by atoms with Gasteiger partial charge < -0.3 is 14.8 Å². The van der Waals surface area contributed by atoms with Crippen LogP contribution in [0.25, 0.3) is 23.2 Å². The van der Waals surface area contributed by atoms with Gasteiger partial charge in [-0.15, -0.1) is 0 Å². The van der Waals surface area contributed by atoms with Crippen molar-refractivity contribution in [2.24, 2.45) is 0 Å². The number of hydrogen-bond donors (Lipinski definition) is 2. The third kappa shape index (κ3) is 1.65. The molecule has 0 aliphatic carbocycles. The molecular formula is C12H11NO3. The van der Waals surface area contributed by atoms with E-state index in [0.717, 1.165) is 17.2 Å². The molecule has 4 heteroatoms. The maximum absolute atomic E-state index is 11.1. The fourth-order valence-electron chi connectivity index (χ4n) is 1.61. The van der Waals surface area contributed by atoms with Gasteiger partial charge in [0.1, 0.15) is 0 Å². The van der Waals surface area contributed by atoms with E-state index in [9.17, 15) is 9.90 Å². The van der Waals surface area contributed by atoms with E-state index >= 15 is 0 Å². The molecule has 0 unspecified atom stereocenters. The number of benzene rings is 1. The van der Waals surface area contributed by atoms with Crippen LogP contribution in [0, 0.1) is 0 Å². The van der Waals surface area contributed by atoms with Crippen LogP contribution in [-0.4, -0.2) is 23.2 Å². The molecular weight excluding hydrogens is 206 g/mol. The second-order valence-corrected chi connectivity index (χ2v) is 3.29. The monoisotopic (exact) mass is 217 g/mol. The van der Waals surface area contributed by atoms with E-state index in [0.29, 0.717) is 10.6 Å². The highest BCUT2D eigenvalue weighted by molar-refractivity contribution is 6.00.